The lowest BCUT2D eigenvalue weighted by Gasteiger charge is -2.37. The molecule has 1 aliphatic carbocycles. The summed E-state index contributed by atoms with van der Waals surface area (Å²) in [6.45, 7) is 4.64. The van der Waals surface area contributed by atoms with Crippen molar-refractivity contribution in [3.63, 3.8) is 0 Å². The van der Waals surface area contributed by atoms with Gasteiger partial charge < -0.3 is 5.32 Å². The van der Waals surface area contributed by atoms with Gasteiger partial charge in [-0.15, -0.1) is 0 Å². The Morgan fingerprint density at radius 1 is 1.50 bits per heavy atom. The van der Waals surface area contributed by atoms with Crippen LogP contribution in [0.4, 0.5) is 0 Å². The molecule has 3 heteroatoms. The molecule has 0 amide bonds. The van der Waals surface area contributed by atoms with Gasteiger partial charge >= 0.3 is 0 Å². The Labute approximate surface area is 110 Å². The van der Waals surface area contributed by atoms with Crippen LogP contribution in [0.3, 0.4) is 0 Å². The van der Waals surface area contributed by atoms with Crippen LogP contribution in [0.5, 0.6) is 0 Å². The van der Waals surface area contributed by atoms with Crippen molar-refractivity contribution in [1.82, 2.24) is 5.32 Å². The van der Waals surface area contributed by atoms with Crippen LogP contribution >= 0.6 is 27.5 Å². The maximum atomic E-state index is 6.38. The molecule has 1 fully saturated rings. The Kier molecular flexibility index (Phi) is 2.58. The van der Waals surface area contributed by atoms with E-state index in [1.54, 1.807) is 0 Å². The van der Waals surface area contributed by atoms with E-state index >= 15 is 0 Å². The average Bonchev–Trinajstić information content (AvgIpc) is 2.65. The molecule has 0 bridgehead atoms. The first kappa shape index (κ1) is 11.1. The third-order valence-corrected chi connectivity index (χ3v) is 5.59. The predicted octanol–water partition coefficient (Wildman–Crippen LogP) is 3.74. The van der Waals surface area contributed by atoms with E-state index in [1.807, 2.05) is 0 Å². The van der Waals surface area contributed by atoms with Crippen molar-refractivity contribution in [2.45, 2.75) is 25.7 Å². The quantitative estimate of drug-likeness (QED) is 0.769. The summed E-state index contributed by atoms with van der Waals surface area (Å²) in [5.41, 5.74) is 3.26. The second-order valence-electron chi connectivity index (χ2n) is 5.27. The minimum absolute atomic E-state index is 0.435. The van der Waals surface area contributed by atoms with Crippen molar-refractivity contribution in [2.75, 3.05) is 13.1 Å². The molecule has 2 unspecified atom stereocenters. The molecular formula is C13H15BrClN. The van der Waals surface area contributed by atoms with Crippen molar-refractivity contribution < 1.29 is 0 Å². The zero-order valence-corrected chi connectivity index (χ0v) is 11.7. The summed E-state index contributed by atoms with van der Waals surface area (Å²) in [5, 5.41) is 4.45. The largest absolute Gasteiger partial charge is 0.316 e. The lowest BCUT2D eigenvalue weighted by Crippen LogP contribution is -2.30. The summed E-state index contributed by atoms with van der Waals surface area (Å²) in [6, 6.07) is 4.34. The summed E-state index contributed by atoms with van der Waals surface area (Å²) >= 11 is 9.89. The highest BCUT2D eigenvalue weighted by molar-refractivity contribution is 9.10. The molecule has 1 N–H and O–H groups in total. The van der Waals surface area contributed by atoms with Gasteiger partial charge in [0, 0.05) is 23.5 Å². The molecule has 0 spiro atoms. The number of benzene rings is 1. The Bertz CT molecular complexity index is 446. The Morgan fingerprint density at radius 3 is 3.12 bits per heavy atom. The van der Waals surface area contributed by atoms with E-state index in [1.165, 1.54) is 17.5 Å². The second-order valence-corrected chi connectivity index (χ2v) is 6.50. The van der Waals surface area contributed by atoms with Gasteiger partial charge in [0.1, 0.15) is 0 Å². The van der Waals surface area contributed by atoms with Gasteiger partial charge in [0.05, 0.1) is 5.02 Å². The zero-order chi connectivity index (χ0) is 11.3. The standard InChI is InChI=1S/C13H15BrClN/c1-13-5-4-9-8(10(13)6-16-7-13)2-3-11(14)12(9)15/h2-3,10,16H,4-7H2,1H3. The third-order valence-electron chi connectivity index (χ3n) is 4.27. The molecule has 0 radical (unpaired) electrons. The molecule has 2 atom stereocenters. The summed E-state index contributed by atoms with van der Waals surface area (Å²) in [5.74, 6) is 0.641. The number of hydrogen-bond donors (Lipinski definition) is 1. The van der Waals surface area contributed by atoms with Crippen LogP contribution in [-0.4, -0.2) is 13.1 Å². The summed E-state index contributed by atoms with van der Waals surface area (Å²) in [4.78, 5) is 0. The Balaban J connectivity index is 2.14. The highest BCUT2D eigenvalue weighted by Crippen LogP contribution is 2.49. The fraction of sp³-hybridized carbons (Fsp3) is 0.538. The number of hydrogen-bond acceptors (Lipinski definition) is 1. The molecule has 2 aliphatic rings. The maximum Gasteiger partial charge on any atom is 0.0582 e. The van der Waals surface area contributed by atoms with Crippen molar-refractivity contribution in [3.05, 3.63) is 32.8 Å². The lowest BCUT2D eigenvalue weighted by atomic mass is 9.67. The van der Waals surface area contributed by atoms with E-state index in [2.05, 4.69) is 40.3 Å². The summed E-state index contributed by atoms with van der Waals surface area (Å²) in [7, 11) is 0. The van der Waals surface area contributed by atoms with Crippen LogP contribution in [-0.2, 0) is 6.42 Å². The van der Waals surface area contributed by atoms with Crippen LogP contribution < -0.4 is 5.32 Å². The van der Waals surface area contributed by atoms with Gasteiger partial charge in [0.25, 0.3) is 0 Å². The first-order chi connectivity index (χ1) is 7.62. The molecule has 1 heterocycles. The Hall–Kier alpha value is -0.0500. The summed E-state index contributed by atoms with van der Waals surface area (Å²) < 4.78 is 1.03. The topological polar surface area (TPSA) is 12.0 Å². The monoisotopic (exact) mass is 299 g/mol. The first-order valence-electron chi connectivity index (χ1n) is 5.79. The molecule has 16 heavy (non-hydrogen) atoms. The molecule has 3 rings (SSSR count). The smallest absolute Gasteiger partial charge is 0.0582 e. The molecule has 1 saturated heterocycles. The highest BCUT2D eigenvalue weighted by Gasteiger charge is 2.43. The van der Waals surface area contributed by atoms with E-state index < -0.39 is 0 Å². The van der Waals surface area contributed by atoms with Crippen molar-refractivity contribution in [3.8, 4) is 0 Å². The summed E-state index contributed by atoms with van der Waals surface area (Å²) in [6.07, 6.45) is 2.36. The molecule has 86 valence electrons. The number of rotatable bonds is 0. The van der Waals surface area contributed by atoms with Gasteiger partial charge in [-0.25, -0.2) is 0 Å². The second kappa shape index (κ2) is 3.72. The molecule has 1 nitrogen and oxygen atoms in total. The van der Waals surface area contributed by atoms with E-state index in [4.69, 9.17) is 11.6 Å². The molecule has 1 aliphatic heterocycles. The van der Waals surface area contributed by atoms with Gasteiger partial charge in [0.15, 0.2) is 0 Å². The molecular weight excluding hydrogens is 286 g/mol. The molecule has 1 aromatic carbocycles. The zero-order valence-electron chi connectivity index (χ0n) is 9.32. The third kappa shape index (κ3) is 1.47. The van der Waals surface area contributed by atoms with Gasteiger partial charge in [-0.2, -0.15) is 0 Å². The van der Waals surface area contributed by atoms with Crippen molar-refractivity contribution >= 4 is 27.5 Å². The first-order valence-corrected chi connectivity index (χ1v) is 6.96. The highest BCUT2D eigenvalue weighted by atomic mass is 79.9. The Morgan fingerprint density at radius 2 is 2.31 bits per heavy atom. The number of nitrogens with one attached hydrogen (secondary N) is 1. The van der Waals surface area contributed by atoms with Gasteiger partial charge in [-0.3, -0.25) is 0 Å². The minimum Gasteiger partial charge on any atom is -0.316 e. The van der Waals surface area contributed by atoms with Crippen LogP contribution in [0.2, 0.25) is 5.02 Å². The van der Waals surface area contributed by atoms with Crippen LogP contribution in [0.25, 0.3) is 0 Å². The van der Waals surface area contributed by atoms with Crippen LogP contribution in [0.1, 0.15) is 30.4 Å². The van der Waals surface area contributed by atoms with Gasteiger partial charge in [-0.05, 0) is 51.4 Å². The molecule has 1 aromatic rings. The minimum atomic E-state index is 0.435. The normalized spacial score (nSPS) is 32.3. The van der Waals surface area contributed by atoms with Crippen molar-refractivity contribution in [2.24, 2.45) is 5.41 Å². The number of halogens is 2. The van der Waals surface area contributed by atoms with Gasteiger partial charge in [-0.1, -0.05) is 24.6 Å². The SMILES string of the molecule is CC12CCc3c(ccc(Br)c3Cl)C1CNC2. The van der Waals surface area contributed by atoms with E-state index in [0.717, 1.165) is 29.0 Å². The number of fused-ring (bicyclic) bond motifs is 3. The van der Waals surface area contributed by atoms with E-state index in [-0.39, 0.29) is 0 Å². The van der Waals surface area contributed by atoms with Gasteiger partial charge in [0.2, 0.25) is 0 Å². The fourth-order valence-corrected chi connectivity index (χ4v) is 3.86. The average molecular weight is 301 g/mol. The fourth-order valence-electron chi connectivity index (χ4n) is 3.22. The predicted molar refractivity (Wildman–Crippen MR) is 71.2 cm³/mol. The van der Waals surface area contributed by atoms with Crippen LogP contribution in [0.15, 0.2) is 16.6 Å². The molecule has 0 saturated carbocycles. The van der Waals surface area contributed by atoms with E-state index in [9.17, 15) is 0 Å². The maximum absolute atomic E-state index is 6.38. The van der Waals surface area contributed by atoms with Crippen LogP contribution in [0, 0.1) is 5.41 Å². The lowest BCUT2D eigenvalue weighted by molar-refractivity contribution is 0.277. The molecule has 0 aromatic heterocycles. The van der Waals surface area contributed by atoms with Crippen molar-refractivity contribution in [1.29, 1.82) is 0 Å². The van der Waals surface area contributed by atoms with E-state index in [0.29, 0.717) is 11.3 Å².